The number of benzene rings is 1. The van der Waals surface area contributed by atoms with Crippen LogP contribution in [0.3, 0.4) is 0 Å². The van der Waals surface area contributed by atoms with E-state index in [2.05, 4.69) is 15.9 Å². The maximum atomic E-state index is 6.12. The summed E-state index contributed by atoms with van der Waals surface area (Å²) in [6.45, 7) is 7.10. The number of likely N-dealkylation sites (tertiary alicyclic amines) is 1. The van der Waals surface area contributed by atoms with Gasteiger partial charge in [0.1, 0.15) is 5.75 Å². The van der Waals surface area contributed by atoms with Gasteiger partial charge in [-0.15, -0.1) is 0 Å². The number of ether oxygens (including phenoxy) is 2. The maximum absolute atomic E-state index is 6.12. The number of hydrogen-bond donors (Lipinski definition) is 1. The van der Waals surface area contributed by atoms with Crippen molar-refractivity contribution in [3.63, 3.8) is 0 Å². The van der Waals surface area contributed by atoms with E-state index in [4.69, 9.17) is 15.2 Å². The molecular weight excluding hydrogens is 266 g/mol. The van der Waals surface area contributed by atoms with E-state index in [0.717, 1.165) is 57.4 Å². The summed E-state index contributed by atoms with van der Waals surface area (Å²) >= 11 is 0. The van der Waals surface area contributed by atoms with Gasteiger partial charge in [-0.1, -0.05) is 6.07 Å². The van der Waals surface area contributed by atoms with Crippen LogP contribution >= 0.6 is 0 Å². The number of nitrogens with zero attached hydrogens (tertiary/aromatic N) is 2. The lowest BCUT2D eigenvalue weighted by Gasteiger charge is -2.32. The highest BCUT2D eigenvalue weighted by atomic mass is 16.5. The van der Waals surface area contributed by atoms with Crippen molar-refractivity contribution in [2.24, 2.45) is 0 Å². The summed E-state index contributed by atoms with van der Waals surface area (Å²) in [7, 11) is 1.67. The zero-order valence-corrected chi connectivity index (χ0v) is 12.8. The zero-order chi connectivity index (χ0) is 14.7. The van der Waals surface area contributed by atoms with Gasteiger partial charge in [-0.3, -0.25) is 9.80 Å². The smallest absolute Gasteiger partial charge is 0.120 e. The van der Waals surface area contributed by atoms with Crippen molar-refractivity contribution in [2.45, 2.75) is 19.0 Å². The molecule has 0 aliphatic carbocycles. The van der Waals surface area contributed by atoms with Gasteiger partial charge in [-0.2, -0.15) is 0 Å². The van der Waals surface area contributed by atoms with Crippen LogP contribution in [0.5, 0.6) is 5.75 Å². The summed E-state index contributed by atoms with van der Waals surface area (Å²) in [6, 6.07) is 6.65. The predicted octanol–water partition coefficient (Wildman–Crippen LogP) is 1.18. The fraction of sp³-hybridized carbons (Fsp3) is 0.625. The third kappa shape index (κ3) is 3.48. The van der Waals surface area contributed by atoms with Crippen molar-refractivity contribution >= 4 is 5.69 Å². The summed E-state index contributed by atoms with van der Waals surface area (Å²) in [6.07, 6.45) is 1.25. The van der Waals surface area contributed by atoms with E-state index < -0.39 is 0 Å². The zero-order valence-electron chi connectivity index (χ0n) is 12.8. The molecule has 0 aromatic heterocycles. The SMILES string of the molecule is COc1ccc(CN2CCC(N3CCOCC3)C2)c(N)c1. The minimum Gasteiger partial charge on any atom is -0.497 e. The van der Waals surface area contributed by atoms with Gasteiger partial charge in [0.25, 0.3) is 0 Å². The average Bonchev–Trinajstić information content (AvgIpc) is 2.99. The number of methoxy groups -OCH3 is 1. The van der Waals surface area contributed by atoms with E-state index in [9.17, 15) is 0 Å². The minimum atomic E-state index is 0.674. The van der Waals surface area contributed by atoms with Crippen LogP contribution in [0.4, 0.5) is 5.69 Å². The Morgan fingerprint density at radius 1 is 1.29 bits per heavy atom. The highest BCUT2D eigenvalue weighted by Crippen LogP contribution is 2.24. The Morgan fingerprint density at radius 2 is 2.10 bits per heavy atom. The molecule has 1 aromatic carbocycles. The fourth-order valence-corrected chi connectivity index (χ4v) is 3.28. The van der Waals surface area contributed by atoms with Crippen molar-refractivity contribution in [2.75, 3.05) is 52.2 Å². The van der Waals surface area contributed by atoms with Gasteiger partial charge in [0.2, 0.25) is 0 Å². The lowest BCUT2D eigenvalue weighted by molar-refractivity contribution is 0.0184. The van der Waals surface area contributed by atoms with Gasteiger partial charge >= 0.3 is 0 Å². The molecule has 0 radical (unpaired) electrons. The fourth-order valence-electron chi connectivity index (χ4n) is 3.28. The Hall–Kier alpha value is -1.30. The normalized spacial score (nSPS) is 24.3. The van der Waals surface area contributed by atoms with E-state index in [1.165, 1.54) is 12.0 Å². The molecule has 2 saturated heterocycles. The molecule has 1 atom stereocenters. The third-order valence-corrected chi connectivity index (χ3v) is 4.56. The molecule has 2 aliphatic heterocycles. The summed E-state index contributed by atoms with van der Waals surface area (Å²) < 4.78 is 10.6. The molecule has 0 bridgehead atoms. The van der Waals surface area contributed by atoms with Crippen LogP contribution in [0.25, 0.3) is 0 Å². The number of anilines is 1. The second-order valence-corrected chi connectivity index (χ2v) is 5.89. The van der Waals surface area contributed by atoms with E-state index >= 15 is 0 Å². The molecule has 0 amide bonds. The molecule has 1 aromatic rings. The molecule has 0 saturated carbocycles. The number of morpholine rings is 1. The van der Waals surface area contributed by atoms with Crippen LogP contribution in [0.2, 0.25) is 0 Å². The number of nitrogen functional groups attached to an aromatic ring is 1. The molecule has 0 spiro atoms. The molecule has 2 fully saturated rings. The average molecular weight is 291 g/mol. The Balaban J connectivity index is 1.56. The first-order valence-corrected chi connectivity index (χ1v) is 7.73. The van der Waals surface area contributed by atoms with Crippen molar-refractivity contribution in [3.05, 3.63) is 23.8 Å². The van der Waals surface area contributed by atoms with Crippen molar-refractivity contribution in [1.29, 1.82) is 0 Å². The Bertz CT molecular complexity index is 475. The monoisotopic (exact) mass is 291 g/mol. The van der Waals surface area contributed by atoms with Gasteiger partial charge < -0.3 is 15.2 Å². The molecule has 2 aliphatic rings. The summed E-state index contributed by atoms with van der Waals surface area (Å²) in [4.78, 5) is 5.07. The Kier molecular flexibility index (Phi) is 4.63. The molecule has 2 heterocycles. The van der Waals surface area contributed by atoms with Gasteiger partial charge in [0.05, 0.1) is 20.3 Å². The molecule has 3 rings (SSSR count). The second kappa shape index (κ2) is 6.64. The molecule has 2 N–H and O–H groups in total. The van der Waals surface area contributed by atoms with Crippen LogP contribution in [0, 0.1) is 0 Å². The van der Waals surface area contributed by atoms with E-state index in [1.54, 1.807) is 7.11 Å². The first-order chi connectivity index (χ1) is 10.3. The molecule has 21 heavy (non-hydrogen) atoms. The quantitative estimate of drug-likeness (QED) is 0.844. The molecular formula is C16H25N3O2. The molecule has 1 unspecified atom stereocenters. The lowest BCUT2D eigenvalue weighted by Crippen LogP contribution is -2.44. The topological polar surface area (TPSA) is 51.0 Å². The molecule has 5 heteroatoms. The minimum absolute atomic E-state index is 0.674. The second-order valence-electron chi connectivity index (χ2n) is 5.89. The van der Waals surface area contributed by atoms with Crippen molar-refractivity contribution in [3.8, 4) is 5.75 Å². The van der Waals surface area contributed by atoms with Gasteiger partial charge in [-0.25, -0.2) is 0 Å². The van der Waals surface area contributed by atoms with Crippen LogP contribution < -0.4 is 10.5 Å². The number of nitrogens with two attached hydrogens (primary N) is 1. The largest absolute Gasteiger partial charge is 0.497 e. The first-order valence-electron chi connectivity index (χ1n) is 7.73. The number of hydrogen-bond acceptors (Lipinski definition) is 5. The highest BCUT2D eigenvalue weighted by molar-refractivity contribution is 5.51. The van der Waals surface area contributed by atoms with E-state index in [0.29, 0.717) is 6.04 Å². The highest BCUT2D eigenvalue weighted by Gasteiger charge is 2.28. The summed E-state index contributed by atoms with van der Waals surface area (Å²) in [5, 5.41) is 0. The van der Waals surface area contributed by atoms with Gasteiger partial charge in [-0.05, 0) is 18.1 Å². The predicted molar refractivity (Wildman–Crippen MR) is 83.5 cm³/mol. The van der Waals surface area contributed by atoms with Crippen LogP contribution in [-0.2, 0) is 11.3 Å². The van der Waals surface area contributed by atoms with Gasteiger partial charge in [0, 0.05) is 50.5 Å². The maximum Gasteiger partial charge on any atom is 0.120 e. The summed E-state index contributed by atoms with van der Waals surface area (Å²) in [5.41, 5.74) is 8.14. The molecule has 116 valence electrons. The number of rotatable bonds is 4. The first kappa shape index (κ1) is 14.6. The van der Waals surface area contributed by atoms with Crippen molar-refractivity contribution < 1.29 is 9.47 Å². The van der Waals surface area contributed by atoms with Crippen LogP contribution in [0.15, 0.2) is 18.2 Å². The Labute approximate surface area is 126 Å². The van der Waals surface area contributed by atoms with Crippen LogP contribution in [0.1, 0.15) is 12.0 Å². The lowest BCUT2D eigenvalue weighted by atomic mass is 10.1. The van der Waals surface area contributed by atoms with E-state index in [1.807, 2.05) is 12.1 Å². The standard InChI is InChI=1S/C16H25N3O2/c1-20-15-3-2-13(16(17)10-15)11-18-5-4-14(12-18)19-6-8-21-9-7-19/h2-3,10,14H,4-9,11-12,17H2,1H3. The Morgan fingerprint density at radius 3 is 2.81 bits per heavy atom. The van der Waals surface area contributed by atoms with Gasteiger partial charge in [0.15, 0.2) is 0 Å². The van der Waals surface area contributed by atoms with Crippen LogP contribution in [-0.4, -0.2) is 62.3 Å². The summed E-state index contributed by atoms with van der Waals surface area (Å²) in [5.74, 6) is 0.823. The van der Waals surface area contributed by atoms with E-state index in [-0.39, 0.29) is 0 Å². The molecule has 5 nitrogen and oxygen atoms in total. The van der Waals surface area contributed by atoms with Crippen molar-refractivity contribution in [1.82, 2.24) is 9.80 Å². The third-order valence-electron chi connectivity index (χ3n) is 4.56.